The molecule has 0 aliphatic rings. The minimum atomic E-state index is -0.399. The first kappa shape index (κ1) is 11.7. The third-order valence-electron chi connectivity index (χ3n) is 2.56. The molecule has 0 aromatic heterocycles. The second-order valence-electron chi connectivity index (χ2n) is 3.79. The second-order valence-corrected chi connectivity index (χ2v) is 3.79. The van der Waals surface area contributed by atoms with Gasteiger partial charge >= 0.3 is 0 Å². The lowest BCUT2D eigenvalue weighted by Crippen LogP contribution is -2.19. The highest BCUT2D eigenvalue weighted by Gasteiger charge is 2.20. The topological polar surface area (TPSA) is 35.5 Å². The van der Waals surface area contributed by atoms with E-state index in [9.17, 15) is 4.79 Å². The quantitative estimate of drug-likeness (QED) is 0.713. The Morgan fingerprint density at radius 1 is 1.27 bits per heavy atom. The molecule has 0 unspecified atom stereocenters. The van der Waals surface area contributed by atoms with Gasteiger partial charge in [-0.3, -0.25) is 4.79 Å². The van der Waals surface area contributed by atoms with Crippen molar-refractivity contribution in [1.82, 2.24) is 0 Å². The minimum absolute atomic E-state index is 0.399. The van der Waals surface area contributed by atoms with Crippen LogP contribution in [0.2, 0.25) is 0 Å². The molecule has 3 nitrogen and oxygen atoms in total. The third kappa shape index (κ3) is 2.36. The molecular formula is C12H16O3. The van der Waals surface area contributed by atoms with Gasteiger partial charge in [0.2, 0.25) is 0 Å². The molecule has 0 amide bonds. The predicted molar refractivity (Wildman–Crippen MR) is 58.4 cm³/mol. The highest BCUT2D eigenvalue weighted by Crippen LogP contribution is 2.27. The lowest BCUT2D eigenvalue weighted by Gasteiger charge is -2.24. The maximum absolute atomic E-state index is 10.8. The molecule has 0 spiro atoms. The summed E-state index contributed by atoms with van der Waals surface area (Å²) in [6.07, 6.45) is 0.786. The largest absolute Gasteiger partial charge is 0.496 e. The molecule has 0 atom stereocenters. The minimum Gasteiger partial charge on any atom is -0.496 e. The van der Waals surface area contributed by atoms with E-state index in [1.165, 1.54) is 0 Å². The summed E-state index contributed by atoms with van der Waals surface area (Å²) in [5, 5.41) is 0. The Hall–Kier alpha value is -1.35. The Balaban J connectivity index is 3.19. The Morgan fingerprint density at radius 3 is 2.40 bits per heavy atom. The molecule has 3 heteroatoms. The van der Waals surface area contributed by atoms with Gasteiger partial charge in [0.15, 0.2) is 6.29 Å². The second kappa shape index (κ2) is 4.45. The summed E-state index contributed by atoms with van der Waals surface area (Å²) in [5.74, 6) is 0.584. The van der Waals surface area contributed by atoms with Crippen LogP contribution < -0.4 is 4.74 Å². The number of rotatable bonds is 4. The maximum atomic E-state index is 10.8. The molecule has 1 aromatic carbocycles. The van der Waals surface area contributed by atoms with Crippen LogP contribution >= 0.6 is 0 Å². The van der Waals surface area contributed by atoms with Crippen LogP contribution in [0.5, 0.6) is 5.75 Å². The summed E-state index contributed by atoms with van der Waals surface area (Å²) in [4.78, 5) is 10.8. The Morgan fingerprint density at radius 2 is 1.93 bits per heavy atom. The number of carbonyl (C=O) groups is 1. The molecule has 0 aliphatic heterocycles. The van der Waals surface area contributed by atoms with E-state index in [2.05, 4.69) is 0 Å². The van der Waals surface area contributed by atoms with Gasteiger partial charge in [-0.2, -0.15) is 0 Å². The molecule has 0 heterocycles. The Labute approximate surface area is 90.0 Å². The molecule has 0 fully saturated rings. The number of hydrogen-bond acceptors (Lipinski definition) is 3. The van der Waals surface area contributed by atoms with Crippen LogP contribution in [0, 0.1) is 0 Å². The number of methoxy groups -OCH3 is 2. The van der Waals surface area contributed by atoms with E-state index >= 15 is 0 Å². The van der Waals surface area contributed by atoms with E-state index in [0.29, 0.717) is 11.3 Å². The van der Waals surface area contributed by atoms with Gasteiger partial charge in [-0.05, 0) is 31.5 Å². The van der Waals surface area contributed by atoms with E-state index in [4.69, 9.17) is 9.47 Å². The van der Waals surface area contributed by atoms with Crippen molar-refractivity contribution < 1.29 is 14.3 Å². The molecule has 0 aliphatic carbocycles. The lowest BCUT2D eigenvalue weighted by atomic mass is 9.96. The number of benzene rings is 1. The van der Waals surface area contributed by atoms with Gasteiger partial charge in [-0.25, -0.2) is 0 Å². The van der Waals surface area contributed by atoms with Crippen molar-refractivity contribution in [2.24, 2.45) is 0 Å². The molecule has 1 aromatic rings. The van der Waals surface area contributed by atoms with Gasteiger partial charge in [-0.1, -0.05) is 6.07 Å². The van der Waals surface area contributed by atoms with Crippen LogP contribution in [0.4, 0.5) is 0 Å². The van der Waals surface area contributed by atoms with Gasteiger partial charge in [0.25, 0.3) is 0 Å². The first-order valence-corrected chi connectivity index (χ1v) is 4.74. The van der Waals surface area contributed by atoms with Crippen LogP contribution in [0.3, 0.4) is 0 Å². The summed E-state index contributed by atoms with van der Waals surface area (Å²) in [6, 6.07) is 5.46. The van der Waals surface area contributed by atoms with E-state index in [-0.39, 0.29) is 0 Å². The number of aldehydes is 1. The summed E-state index contributed by atoms with van der Waals surface area (Å²) in [5.41, 5.74) is 1.09. The first-order chi connectivity index (χ1) is 7.05. The van der Waals surface area contributed by atoms with E-state index in [1.54, 1.807) is 26.4 Å². The third-order valence-corrected chi connectivity index (χ3v) is 2.56. The summed E-state index contributed by atoms with van der Waals surface area (Å²) >= 11 is 0. The van der Waals surface area contributed by atoms with Gasteiger partial charge in [0.1, 0.15) is 5.75 Å². The molecule has 82 valence electrons. The molecule has 0 saturated heterocycles. The van der Waals surface area contributed by atoms with Crippen LogP contribution in [0.25, 0.3) is 0 Å². The zero-order valence-electron chi connectivity index (χ0n) is 9.53. The molecular weight excluding hydrogens is 192 g/mol. The van der Waals surface area contributed by atoms with Crippen LogP contribution in [-0.4, -0.2) is 20.5 Å². The van der Waals surface area contributed by atoms with Crippen LogP contribution in [0.1, 0.15) is 29.8 Å². The van der Waals surface area contributed by atoms with Crippen molar-refractivity contribution in [1.29, 1.82) is 0 Å². The van der Waals surface area contributed by atoms with Gasteiger partial charge in [0, 0.05) is 7.11 Å². The molecule has 0 bridgehead atoms. The molecule has 15 heavy (non-hydrogen) atoms. The number of carbonyl (C=O) groups excluding carboxylic acids is 1. The lowest BCUT2D eigenvalue weighted by molar-refractivity contribution is 0.0191. The highest BCUT2D eigenvalue weighted by molar-refractivity contribution is 5.79. The van der Waals surface area contributed by atoms with Crippen molar-refractivity contribution >= 4 is 6.29 Å². The van der Waals surface area contributed by atoms with Crippen LogP contribution in [-0.2, 0) is 10.3 Å². The van der Waals surface area contributed by atoms with Gasteiger partial charge in [-0.15, -0.1) is 0 Å². The average Bonchev–Trinajstić information content (AvgIpc) is 2.28. The zero-order valence-corrected chi connectivity index (χ0v) is 9.53. The van der Waals surface area contributed by atoms with E-state index < -0.39 is 5.60 Å². The zero-order chi connectivity index (χ0) is 11.5. The fraction of sp³-hybridized carbons (Fsp3) is 0.417. The standard InChI is InChI=1S/C12H16O3/c1-12(2,15-4)10-5-6-11(14-3)9(7-10)8-13/h5-8H,1-4H3. The normalized spacial score (nSPS) is 11.2. The average molecular weight is 208 g/mol. The fourth-order valence-corrected chi connectivity index (χ4v) is 1.32. The molecule has 0 N–H and O–H groups in total. The van der Waals surface area contributed by atoms with Gasteiger partial charge in [0.05, 0.1) is 18.3 Å². The van der Waals surface area contributed by atoms with Crippen molar-refractivity contribution in [3.63, 3.8) is 0 Å². The van der Waals surface area contributed by atoms with Crippen molar-refractivity contribution in [3.05, 3.63) is 29.3 Å². The molecule has 1 rings (SSSR count). The summed E-state index contributed by atoms with van der Waals surface area (Å²) in [6.45, 7) is 3.90. The van der Waals surface area contributed by atoms with E-state index in [0.717, 1.165) is 11.8 Å². The summed E-state index contributed by atoms with van der Waals surface area (Å²) in [7, 11) is 3.19. The molecule has 0 saturated carbocycles. The first-order valence-electron chi connectivity index (χ1n) is 4.74. The molecule has 0 radical (unpaired) electrons. The van der Waals surface area contributed by atoms with E-state index in [1.807, 2.05) is 19.9 Å². The monoisotopic (exact) mass is 208 g/mol. The van der Waals surface area contributed by atoms with Crippen LogP contribution in [0.15, 0.2) is 18.2 Å². The van der Waals surface area contributed by atoms with Crippen molar-refractivity contribution in [2.45, 2.75) is 19.4 Å². The predicted octanol–water partition coefficient (Wildman–Crippen LogP) is 2.39. The Bertz CT molecular complexity index is 356. The number of ether oxygens (including phenoxy) is 2. The van der Waals surface area contributed by atoms with Crippen molar-refractivity contribution in [3.8, 4) is 5.75 Å². The number of hydrogen-bond donors (Lipinski definition) is 0. The highest BCUT2D eigenvalue weighted by atomic mass is 16.5. The van der Waals surface area contributed by atoms with Gasteiger partial charge < -0.3 is 9.47 Å². The smallest absolute Gasteiger partial charge is 0.153 e. The SMILES string of the molecule is COc1ccc(C(C)(C)OC)cc1C=O. The van der Waals surface area contributed by atoms with Crippen molar-refractivity contribution in [2.75, 3.05) is 14.2 Å². The fourth-order valence-electron chi connectivity index (χ4n) is 1.32. The maximum Gasteiger partial charge on any atom is 0.153 e. The summed E-state index contributed by atoms with van der Waals surface area (Å²) < 4.78 is 10.4. The Kier molecular flexibility index (Phi) is 3.48.